The molecule has 2 rings (SSSR count). The van der Waals surface area contributed by atoms with Crippen LogP contribution in [0.5, 0.6) is 5.75 Å². The lowest BCUT2D eigenvalue weighted by molar-refractivity contribution is 0.0584. The SMILES string of the molecule is CCS(=O)(=O)c1cc(C(=O)OC)c(OC)cc1-n1cc(C#N)c(N)c1C(=O)OC. The van der Waals surface area contributed by atoms with Crippen LogP contribution in [0.1, 0.15) is 33.3 Å². The van der Waals surface area contributed by atoms with Crippen molar-refractivity contribution < 1.29 is 32.2 Å². The number of carbonyl (C=O) groups is 2. The van der Waals surface area contributed by atoms with Gasteiger partial charge in [-0.1, -0.05) is 6.92 Å². The fourth-order valence-electron chi connectivity index (χ4n) is 2.69. The molecule has 1 heterocycles. The van der Waals surface area contributed by atoms with Crippen molar-refractivity contribution in [1.82, 2.24) is 4.57 Å². The molecule has 0 saturated heterocycles. The van der Waals surface area contributed by atoms with Crippen LogP contribution < -0.4 is 10.5 Å². The van der Waals surface area contributed by atoms with E-state index in [1.807, 2.05) is 6.07 Å². The van der Waals surface area contributed by atoms with E-state index in [2.05, 4.69) is 4.74 Å². The van der Waals surface area contributed by atoms with Crippen LogP contribution in [0.15, 0.2) is 23.2 Å². The van der Waals surface area contributed by atoms with Crippen molar-refractivity contribution in [3.63, 3.8) is 0 Å². The predicted molar refractivity (Wildman–Crippen MR) is 102 cm³/mol. The summed E-state index contributed by atoms with van der Waals surface area (Å²) in [5, 5.41) is 9.28. The number of ether oxygens (including phenoxy) is 3. The molecule has 2 aromatic rings. The van der Waals surface area contributed by atoms with Crippen LogP contribution in [0.3, 0.4) is 0 Å². The second-order valence-electron chi connectivity index (χ2n) is 5.69. The smallest absolute Gasteiger partial charge is 0.357 e. The Labute approximate surface area is 167 Å². The van der Waals surface area contributed by atoms with Crippen molar-refractivity contribution in [1.29, 1.82) is 5.26 Å². The number of nitrogens with two attached hydrogens (primary N) is 1. The monoisotopic (exact) mass is 421 g/mol. The van der Waals surface area contributed by atoms with Crippen LogP contribution in [0, 0.1) is 11.3 Å². The van der Waals surface area contributed by atoms with Crippen molar-refractivity contribution in [3.05, 3.63) is 35.2 Å². The van der Waals surface area contributed by atoms with E-state index in [0.717, 1.165) is 24.9 Å². The Morgan fingerprint density at radius 3 is 2.28 bits per heavy atom. The summed E-state index contributed by atoms with van der Waals surface area (Å²) in [5.74, 6) is -1.97. The van der Waals surface area contributed by atoms with Crippen LogP contribution in [0.25, 0.3) is 5.69 Å². The van der Waals surface area contributed by atoms with Crippen LogP contribution in [0.4, 0.5) is 5.69 Å². The Hall–Kier alpha value is -3.52. The van der Waals surface area contributed by atoms with E-state index in [1.165, 1.54) is 26.3 Å². The highest BCUT2D eigenvalue weighted by atomic mass is 32.2. The van der Waals surface area contributed by atoms with Crippen LogP contribution in [-0.2, 0) is 19.3 Å². The van der Waals surface area contributed by atoms with Gasteiger partial charge in [0.1, 0.15) is 17.4 Å². The molecule has 1 aromatic carbocycles. The molecule has 0 amide bonds. The average molecular weight is 421 g/mol. The van der Waals surface area contributed by atoms with E-state index in [4.69, 9.17) is 15.2 Å². The van der Waals surface area contributed by atoms with Crippen LogP contribution in [0.2, 0.25) is 0 Å². The summed E-state index contributed by atoms with van der Waals surface area (Å²) in [7, 11) is -0.338. The van der Waals surface area contributed by atoms with Gasteiger partial charge in [-0.05, 0) is 6.07 Å². The van der Waals surface area contributed by atoms with E-state index in [1.54, 1.807) is 0 Å². The third kappa shape index (κ3) is 3.74. The van der Waals surface area contributed by atoms with Gasteiger partial charge in [-0.25, -0.2) is 18.0 Å². The number of hydrogen-bond donors (Lipinski definition) is 1. The molecule has 0 spiro atoms. The fraction of sp³-hybridized carbons (Fsp3) is 0.278. The molecule has 0 fully saturated rings. The Morgan fingerprint density at radius 1 is 1.17 bits per heavy atom. The van der Waals surface area contributed by atoms with Gasteiger partial charge in [0.2, 0.25) is 0 Å². The number of nitriles is 1. The van der Waals surface area contributed by atoms with Crippen molar-refractivity contribution in [2.45, 2.75) is 11.8 Å². The minimum absolute atomic E-state index is 0.00324. The van der Waals surface area contributed by atoms with Gasteiger partial charge in [-0.3, -0.25) is 0 Å². The molecule has 29 heavy (non-hydrogen) atoms. The Balaban J connectivity index is 3.02. The zero-order valence-corrected chi connectivity index (χ0v) is 17.0. The molecule has 0 radical (unpaired) electrons. The Kier molecular flexibility index (Phi) is 6.18. The van der Waals surface area contributed by atoms with E-state index >= 15 is 0 Å². The van der Waals surface area contributed by atoms with E-state index < -0.39 is 21.8 Å². The summed E-state index contributed by atoms with van der Waals surface area (Å²) < 4.78 is 41.2. The van der Waals surface area contributed by atoms with Gasteiger partial charge < -0.3 is 24.5 Å². The molecule has 0 saturated carbocycles. The first-order valence-corrected chi connectivity index (χ1v) is 9.84. The molecule has 0 atom stereocenters. The molecule has 11 heteroatoms. The lowest BCUT2D eigenvalue weighted by Gasteiger charge is -2.17. The van der Waals surface area contributed by atoms with E-state index in [-0.39, 0.29) is 44.6 Å². The number of methoxy groups -OCH3 is 3. The molecule has 0 aliphatic carbocycles. The first-order valence-electron chi connectivity index (χ1n) is 8.19. The molecule has 10 nitrogen and oxygen atoms in total. The first-order chi connectivity index (χ1) is 13.7. The van der Waals surface area contributed by atoms with Crippen molar-refractivity contribution in [3.8, 4) is 17.5 Å². The van der Waals surface area contributed by atoms with E-state index in [9.17, 15) is 23.3 Å². The number of nitrogens with zero attached hydrogens (tertiary/aromatic N) is 2. The van der Waals surface area contributed by atoms with Gasteiger partial charge >= 0.3 is 11.9 Å². The van der Waals surface area contributed by atoms with Gasteiger partial charge in [0, 0.05) is 12.3 Å². The minimum atomic E-state index is -3.89. The van der Waals surface area contributed by atoms with Crippen molar-refractivity contribution in [2.24, 2.45) is 0 Å². The summed E-state index contributed by atoms with van der Waals surface area (Å²) >= 11 is 0. The highest BCUT2D eigenvalue weighted by molar-refractivity contribution is 7.91. The summed E-state index contributed by atoms with van der Waals surface area (Å²) in [6.07, 6.45) is 1.21. The summed E-state index contributed by atoms with van der Waals surface area (Å²) in [4.78, 5) is 24.1. The highest BCUT2D eigenvalue weighted by Gasteiger charge is 2.29. The van der Waals surface area contributed by atoms with Gasteiger partial charge in [0.15, 0.2) is 15.5 Å². The molecular weight excluding hydrogens is 402 g/mol. The number of rotatable bonds is 6. The van der Waals surface area contributed by atoms with Crippen LogP contribution >= 0.6 is 0 Å². The molecular formula is C18H19N3O7S. The quantitative estimate of drug-likeness (QED) is 0.681. The first kappa shape index (κ1) is 21.8. The Morgan fingerprint density at radius 2 is 1.79 bits per heavy atom. The molecule has 154 valence electrons. The van der Waals surface area contributed by atoms with E-state index in [0.29, 0.717) is 0 Å². The maximum Gasteiger partial charge on any atom is 0.357 e. The molecule has 0 unspecified atom stereocenters. The number of esters is 2. The largest absolute Gasteiger partial charge is 0.496 e. The summed E-state index contributed by atoms with van der Waals surface area (Å²) in [6, 6.07) is 4.19. The lowest BCUT2D eigenvalue weighted by atomic mass is 10.1. The zero-order valence-electron chi connectivity index (χ0n) is 16.2. The summed E-state index contributed by atoms with van der Waals surface area (Å²) in [6.45, 7) is 1.42. The standard InChI is InChI=1S/C18H19N3O7S/c1-5-29(24,25)14-6-11(17(22)27-3)13(26-2)7-12(14)21-9-10(8-19)15(20)16(21)18(23)28-4/h6-7,9H,5,20H2,1-4H3. The average Bonchev–Trinajstić information content (AvgIpc) is 3.07. The highest BCUT2D eigenvalue weighted by Crippen LogP contribution is 2.34. The minimum Gasteiger partial charge on any atom is -0.496 e. The molecule has 0 aliphatic rings. The van der Waals surface area contributed by atoms with Crippen molar-refractivity contribution >= 4 is 27.5 Å². The zero-order chi connectivity index (χ0) is 21.9. The third-order valence-electron chi connectivity index (χ3n) is 4.20. The third-order valence-corrected chi connectivity index (χ3v) is 5.96. The lowest BCUT2D eigenvalue weighted by Crippen LogP contribution is -2.16. The van der Waals surface area contributed by atoms with Gasteiger partial charge in [0.05, 0.1) is 48.9 Å². The molecule has 2 N–H and O–H groups in total. The van der Waals surface area contributed by atoms with Gasteiger partial charge in [-0.2, -0.15) is 5.26 Å². The number of benzene rings is 1. The predicted octanol–water partition coefficient (Wildman–Crippen LogP) is 1.31. The Bertz CT molecular complexity index is 1130. The number of sulfone groups is 1. The topological polar surface area (TPSA) is 151 Å². The summed E-state index contributed by atoms with van der Waals surface area (Å²) in [5.41, 5.74) is 5.28. The van der Waals surface area contributed by atoms with Crippen LogP contribution in [-0.4, -0.2) is 52.0 Å². The van der Waals surface area contributed by atoms with Gasteiger partial charge in [-0.15, -0.1) is 0 Å². The fourth-order valence-corrected chi connectivity index (χ4v) is 3.77. The maximum absolute atomic E-state index is 12.8. The molecule has 1 aromatic heterocycles. The number of carbonyl (C=O) groups excluding carboxylic acids is 2. The number of aromatic nitrogens is 1. The normalized spacial score (nSPS) is 10.9. The number of anilines is 1. The second kappa shape index (κ2) is 8.24. The molecule has 0 bridgehead atoms. The molecule has 0 aliphatic heterocycles. The number of nitrogen functional groups attached to an aromatic ring is 1. The van der Waals surface area contributed by atoms with Crippen molar-refractivity contribution in [2.75, 3.05) is 32.8 Å². The van der Waals surface area contributed by atoms with Gasteiger partial charge in [0.25, 0.3) is 0 Å². The number of hydrogen-bond acceptors (Lipinski definition) is 9. The maximum atomic E-state index is 12.8. The second-order valence-corrected chi connectivity index (χ2v) is 7.94.